The molecule has 4 rings (SSSR count). The van der Waals surface area contributed by atoms with E-state index in [4.69, 9.17) is 9.15 Å². The first-order valence-corrected chi connectivity index (χ1v) is 10.5. The van der Waals surface area contributed by atoms with E-state index in [2.05, 4.69) is 4.98 Å². The molecule has 0 atom stereocenters. The molecule has 30 heavy (non-hydrogen) atoms. The molecule has 0 bridgehead atoms. The molecule has 0 unspecified atom stereocenters. The van der Waals surface area contributed by atoms with E-state index in [0.29, 0.717) is 30.8 Å². The minimum Gasteiger partial charge on any atom is -0.494 e. The third-order valence-corrected chi connectivity index (χ3v) is 5.57. The summed E-state index contributed by atoms with van der Waals surface area (Å²) < 4.78 is 11.6. The summed E-state index contributed by atoms with van der Waals surface area (Å²) in [6.07, 6.45) is 2.88. The summed E-state index contributed by atoms with van der Waals surface area (Å²) in [6.45, 7) is 3.48. The molecular formula is C24H26N2O4. The fourth-order valence-electron chi connectivity index (χ4n) is 3.80. The van der Waals surface area contributed by atoms with Crippen LogP contribution in [0, 0.1) is 0 Å². The first kappa shape index (κ1) is 20.1. The molecule has 0 spiro atoms. The largest absolute Gasteiger partial charge is 0.494 e. The summed E-state index contributed by atoms with van der Waals surface area (Å²) in [6, 6.07) is 14.9. The number of ketones is 1. The number of benzene rings is 2. The van der Waals surface area contributed by atoms with E-state index >= 15 is 0 Å². The highest BCUT2D eigenvalue weighted by atomic mass is 16.5. The Hall–Kier alpha value is -3.15. The van der Waals surface area contributed by atoms with E-state index in [-0.39, 0.29) is 17.6 Å². The normalized spacial score (nSPS) is 14.8. The molecular weight excluding hydrogens is 380 g/mol. The molecule has 0 aliphatic carbocycles. The topological polar surface area (TPSA) is 72.6 Å². The van der Waals surface area contributed by atoms with Crippen LogP contribution in [-0.4, -0.2) is 41.3 Å². The van der Waals surface area contributed by atoms with Gasteiger partial charge in [0.15, 0.2) is 17.3 Å². The van der Waals surface area contributed by atoms with Crippen molar-refractivity contribution in [2.75, 3.05) is 19.7 Å². The lowest BCUT2D eigenvalue weighted by molar-refractivity contribution is -0.132. The zero-order valence-corrected chi connectivity index (χ0v) is 17.2. The minimum absolute atomic E-state index is 0.0343. The third kappa shape index (κ3) is 4.70. The van der Waals surface area contributed by atoms with Gasteiger partial charge in [0.25, 0.3) is 0 Å². The molecule has 1 aliphatic heterocycles. The van der Waals surface area contributed by atoms with Gasteiger partial charge in [-0.3, -0.25) is 9.59 Å². The third-order valence-electron chi connectivity index (χ3n) is 5.57. The van der Waals surface area contributed by atoms with Crippen molar-refractivity contribution in [3.63, 3.8) is 0 Å². The van der Waals surface area contributed by atoms with Gasteiger partial charge in [0, 0.05) is 31.0 Å². The molecule has 6 heteroatoms. The Balaban J connectivity index is 1.19. The number of ether oxygens (including phenoxy) is 1. The quantitative estimate of drug-likeness (QED) is 0.424. The molecule has 1 saturated heterocycles. The second-order valence-corrected chi connectivity index (χ2v) is 7.71. The Kier molecular flexibility index (Phi) is 6.12. The number of amides is 1. The Morgan fingerprint density at radius 3 is 2.53 bits per heavy atom. The summed E-state index contributed by atoms with van der Waals surface area (Å²) in [5.41, 5.74) is 2.38. The number of piperidine rings is 1. The van der Waals surface area contributed by atoms with Crippen LogP contribution in [0.2, 0.25) is 0 Å². The molecule has 0 N–H and O–H groups in total. The van der Waals surface area contributed by atoms with Crippen LogP contribution in [-0.2, 0) is 4.79 Å². The molecule has 0 radical (unpaired) electrons. The zero-order chi connectivity index (χ0) is 20.9. The number of carbonyl (C=O) groups excluding carboxylic acids is 2. The number of hydrogen-bond donors (Lipinski definition) is 0. The number of Topliss-reactive ketones (excluding diaryl/α,β-unsaturated/α-hetero) is 1. The average molecular weight is 406 g/mol. The number of fused-ring (bicyclic) bond motifs is 1. The maximum atomic E-state index is 12.5. The Bertz CT molecular complexity index is 984. The van der Waals surface area contributed by atoms with Crippen molar-refractivity contribution < 1.29 is 18.7 Å². The lowest BCUT2D eigenvalue weighted by atomic mass is 9.96. The second kappa shape index (κ2) is 9.11. The van der Waals surface area contributed by atoms with Crippen molar-refractivity contribution in [1.29, 1.82) is 0 Å². The number of likely N-dealkylation sites (tertiary alicyclic amines) is 1. The number of oxazole rings is 1. The Morgan fingerprint density at radius 1 is 1.10 bits per heavy atom. The van der Waals surface area contributed by atoms with E-state index in [1.807, 2.05) is 29.2 Å². The summed E-state index contributed by atoms with van der Waals surface area (Å²) in [7, 11) is 0. The Labute approximate surface area is 175 Å². The summed E-state index contributed by atoms with van der Waals surface area (Å²) >= 11 is 0. The molecule has 1 amide bonds. The van der Waals surface area contributed by atoms with Crippen LogP contribution >= 0.6 is 0 Å². The zero-order valence-electron chi connectivity index (χ0n) is 17.2. The van der Waals surface area contributed by atoms with Crippen LogP contribution < -0.4 is 4.74 Å². The highest BCUT2D eigenvalue weighted by molar-refractivity contribution is 5.94. The van der Waals surface area contributed by atoms with E-state index in [1.165, 1.54) is 6.92 Å². The first-order valence-electron chi connectivity index (χ1n) is 10.5. The predicted octanol–water partition coefficient (Wildman–Crippen LogP) is 4.60. The summed E-state index contributed by atoms with van der Waals surface area (Å²) in [5.74, 6) is 1.97. The number of hydrogen-bond acceptors (Lipinski definition) is 5. The van der Waals surface area contributed by atoms with Crippen molar-refractivity contribution in [2.45, 2.75) is 38.5 Å². The fourth-order valence-corrected chi connectivity index (χ4v) is 3.80. The standard InChI is InChI=1S/C24H26N2O4/c1-17(27)18-8-10-20(11-9-18)29-16-4-7-23(28)26-14-12-19(13-15-26)24-25-21-5-2-3-6-22(21)30-24/h2-3,5-6,8-11,19H,4,7,12-16H2,1H3. The van der Waals surface area contributed by atoms with Crippen LogP contribution in [0.3, 0.4) is 0 Å². The van der Waals surface area contributed by atoms with Crippen LogP contribution in [0.5, 0.6) is 5.75 Å². The van der Waals surface area contributed by atoms with Crippen LogP contribution in [0.25, 0.3) is 11.1 Å². The smallest absolute Gasteiger partial charge is 0.222 e. The van der Waals surface area contributed by atoms with E-state index in [0.717, 1.165) is 42.9 Å². The van der Waals surface area contributed by atoms with E-state index in [9.17, 15) is 9.59 Å². The number of carbonyl (C=O) groups is 2. The van der Waals surface area contributed by atoms with Gasteiger partial charge in [0.1, 0.15) is 11.3 Å². The van der Waals surface area contributed by atoms with Gasteiger partial charge in [0.2, 0.25) is 5.91 Å². The monoisotopic (exact) mass is 406 g/mol. The molecule has 1 aliphatic rings. The van der Waals surface area contributed by atoms with Crippen molar-refractivity contribution in [3.05, 3.63) is 60.0 Å². The van der Waals surface area contributed by atoms with Gasteiger partial charge < -0.3 is 14.1 Å². The van der Waals surface area contributed by atoms with Gasteiger partial charge in [0.05, 0.1) is 6.61 Å². The molecule has 2 heterocycles. The molecule has 3 aromatic rings. The van der Waals surface area contributed by atoms with Crippen molar-refractivity contribution in [3.8, 4) is 5.75 Å². The molecule has 6 nitrogen and oxygen atoms in total. The minimum atomic E-state index is 0.0343. The number of rotatable bonds is 7. The van der Waals surface area contributed by atoms with Crippen molar-refractivity contribution in [2.24, 2.45) is 0 Å². The number of aromatic nitrogens is 1. The number of para-hydroxylation sites is 2. The highest BCUT2D eigenvalue weighted by Gasteiger charge is 2.26. The van der Waals surface area contributed by atoms with Crippen molar-refractivity contribution in [1.82, 2.24) is 9.88 Å². The molecule has 1 aromatic heterocycles. The van der Waals surface area contributed by atoms with Gasteiger partial charge in [-0.2, -0.15) is 0 Å². The van der Waals surface area contributed by atoms with Crippen LogP contribution in [0.15, 0.2) is 52.9 Å². The molecule has 2 aromatic carbocycles. The van der Waals surface area contributed by atoms with Gasteiger partial charge in [-0.1, -0.05) is 12.1 Å². The van der Waals surface area contributed by atoms with Gasteiger partial charge >= 0.3 is 0 Å². The maximum absolute atomic E-state index is 12.5. The van der Waals surface area contributed by atoms with E-state index < -0.39 is 0 Å². The molecule has 1 fully saturated rings. The average Bonchev–Trinajstić information content (AvgIpc) is 3.21. The van der Waals surface area contributed by atoms with Gasteiger partial charge in [-0.25, -0.2) is 4.98 Å². The van der Waals surface area contributed by atoms with Gasteiger partial charge in [-0.05, 0) is 62.6 Å². The molecule has 0 saturated carbocycles. The Morgan fingerprint density at radius 2 is 1.83 bits per heavy atom. The van der Waals surface area contributed by atoms with Crippen LogP contribution in [0.4, 0.5) is 0 Å². The fraction of sp³-hybridized carbons (Fsp3) is 0.375. The second-order valence-electron chi connectivity index (χ2n) is 7.71. The number of nitrogens with zero attached hydrogens (tertiary/aromatic N) is 2. The van der Waals surface area contributed by atoms with E-state index in [1.54, 1.807) is 24.3 Å². The maximum Gasteiger partial charge on any atom is 0.222 e. The summed E-state index contributed by atoms with van der Waals surface area (Å²) in [5, 5.41) is 0. The summed E-state index contributed by atoms with van der Waals surface area (Å²) in [4.78, 5) is 30.3. The van der Waals surface area contributed by atoms with Gasteiger partial charge in [-0.15, -0.1) is 0 Å². The first-order chi connectivity index (χ1) is 14.6. The van der Waals surface area contributed by atoms with Crippen molar-refractivity contribution >= 4 is 22.8 Å². The lowest BCUT2D eigenvalue weighted by Gasteiger charge is -2.30. The lowest BCUT2D eigenvalue weighted by Crippen LogP contribution is -2.38. The highest BCUT2D eigenvalue weighted by Crippen LogP contribution is 2.30. The van der Waals surface area contributed by atoms with Crippen LogP contribution in [0.1, 0.15) is 54.8 Å². The predicted molar refractivity (Wildman–Crippen MR) is 114 cm³/mol. The molecule has 156 valence electrons. The SMILES string of the molecule is CC(=O)c1ccc(OCCCC(=O)N2CCC(c3nc4ccccc4o3)CC2)cc1.